The van der Waals surface area contributed by atoms with Gasteiger partial charge in [0, 0.05) is 41.3 Å². The maximum atomic E-state index is 12.4. The Kier molecular flexibility index (Phi) is 6.97. The van der Waals surface area contributed by atoms with Crippen LogP contribution in [0.4, 0.5) is 10.5 Å². The minimum absolute atomic E-state index is 0.437. The second kappa shape index (κ2) is 10.0. The van der Waals surface area contributed by atoms with Gasteiger partial charge in [0.05, 0.1) is 5.69 Å². The van der Waals surface area contributed by atoms with Gasteiger partial charge in [-0.3, -0.25) is 10.3 Å². The molecule has 30 heavy (non-hydrogen) atoms. The first kappa shape index (κ1) is 20.8. The van der Waals surface area contributed by atoms with Crippen LogP contribution >= 0.6 is 11.3 Å². The molecule has 1 saturated carbocycles. The second-order valence-corrected chi connectivity index (χ2v) is 9.22. The number of carbonyl (C=O) groups is 1. The van der Waals surface area contributed by atoms with Gasteiger partial charge in [-0.05, 0) is 36.8 Å². The summed E-state index contributed by atoms with van der Waals surface area (Å²) in [6.07, 6.45) is 11.1. The third-order valence-corrected chi connectivity index (χ3v) is 6.78. The van der Waals surface area contributed by atoms with Crippen LogP contribution in [-0.2, 0) is 6.54 Å². The van der Waals surface area contributed by atoms with Crippen molar-refractivity contribution < 1.29 is 9.53 Å². The first-order valence-corrected chi connectivity index (χ1v) is 11.6. The van der Waals surface area contributed by atoms with Crippen LogP contribution in [0, 0.1) is 5.92 Å². The number of fused-ring (bicyclic) bond motifs is 1. The van der Waals surface area contributed by atoms with E-state index in [-0.39, 0.29) is 0 Å². The molecule has 0 spiro atoms. The zero-order valence-corrected chi connectivity index (χ0v) is 18.2. The summed E-state index contributed by atoms with van der Waals surface area (Å²) < 4.78 is 6.61. The molecular formula is C24H29N3O2S. The van der Waals surface area contributed by atoms with E-state index in [1.54, 1.807) is 12.4 Å². The van der Waals surface area contributed by atoms with Gasteiger partial charge in [-0.1, -0.05) is 61.6 Å². The average molecular weight is 424 g/mol. The van der Waals surface area contributed by atoms with Crippen LogP contribution in [0.3, 0.4) is 0 Å². The van der Waals surface area contributed by atoms with Gasteiger partial charge in [0.1, 0.15) is 0 Å². The summed E-state index contributed by atoms with van der Waals surface area (Å²) in [7, 11) is 0. The number of nitrogens with zero attached hydrogens (tertiary/aromatic N) is 1. The van der Waals surface area contributed by atoms with Gasteiger partial charge in [0.25, 0.3) is 0 Å². The smallest absolute Gasteiger partial charge is 0.399 e. The van der Waals surface area contributed by atoms with Crippen LogP contribution in [-0.4, -0.2) is 17.1 Å². The van der Waals surface area contributed by atoms with E-state index in [9.17, 15) is 4.79 Å². The van der Waals surface area contributed by atoms with Crippen molar-refractivity contribution in [2.75, 3.05) is 5.32 Å². The molecule has 2 heterocycles. The number of benzene rings is 1. The van der Waals surface area contributed by atoms with Crippen LogP contribution in [0.2, 0.25) is 0 Å². The molecule has 0 radical (unpaired) electrons. The molecule has 158 valence electrons. The van der Waals surface area contributed by atoms with Crippen molar-refractivity contribution in [3.63, 3.8) is 0 Å². The monoisotopic (exact) mass is 423 g/mol. The zero-order valence-electron chi connectivity index (χ0n) is 17.4. The quantitative estimate of drug-likeness (QED) is 0.464. The highest BCUT2D eigenvalue weighted by Crippen LogP contribution is 2.31. The maximum Gasteiger partial charge on any atom is 0.417 e. The standard InChI is InChI=1S/C24H29N3O2S/c1-17(13-18-7-3-2-4-8-18)26-16-20-15-25-12-11-21(20)27-24(28)29-23-14-19-9-5-6-10-22(19)30-23/h5-6,9-12,14-15,17-18,26H,2-4,7-8,13,16H2,1H3,(H,25,27,28). The lowest BCUT2D eigenvalue weighted by Crippen LogP contribution is -2.29. The lowest BCUT2D eigenvalue weighted by Gasteiger charge is -2.25. The molecule has 3 aromatic rings. The van der Waals surface area contributed by atoms with E-state index in [1.165, 1.54) is 49.9 Å². The predicted octanol–water partition coefficient (Wildman–Crippen LogP) is 6.36. The summed E-state index contributed by atoms with van der Waals surface area (Å²) in [4.78, 5) is 16.7. The number of anilines is 1. The van der Waals surface area contributed by atoms with Crippen molar-refractivity contribution in [2.45, 2.75) is 58.0 Å². The van der Waals surface area contributed by atoms with E-state index in [4.69, 9.17) is 4.74 Å². The van der Waals surface area contributed by atoms with Gasteiger partial charge >= 0.3 is 6.09 Å². The fourth-order valence-electron chi connectivity index (χ4n) is 4.21. The Morgan fingerprint density at radius 2 is 2.07 bits per heavy atom. The fraction of sp³-hybridized carbons (Fsp3) is 0.417. The first-order chi connectivity index (χ1) is 14.7. The number of pyridine rings is 1. The van der Waals surface area contributed by atoms with E-state index < -0.39 is 6.09 Å². The lowest BCUT2D eigenvalue weighted by molar-refractivity contribution is 0.216. The molecule has 1 amide bonds. The van der Waals surface area contributed by atoms with Crippen LogP contribution < -0.4 is 15.4 Å². The SMILES string of the molecule is CC(CC1CCCCC1)NCc1cnccc1NC(=O)Oc1cc2ccccc2s1. The minimum Gasteiger partial charge on any atom is -0.399 e. The largest absolute Gasteiger partial charge is 0.417 e. The minimum atomic E-state index is -0.482. The molecule has 2 N–H and O–H groups in total. The molecule has 1 atom stereocenters. The second-order valence-electron chi connectivity index (χ2n) is 8.17. The van der Waals surface area contributed by atoms with Gasteiger partial charge in [0.15, 0.2) is 5.06 Å². The Bertz CT molecular complexity index is 948. The topological polar surface area (TPSA) is 63.2 Å². The molecule has 2 aromatic heterocycles. The summed E-state index contributed by atoms with van der Waals surface area (Å²) in [5.74, 6) is 0.837. The van der Waals surface area contributed by atoms with Crippen LogP contribution in [0.1, 0.15) is 51.0 Å². The summed E-state index contributed by atoms with van der Waals surface area (Å²) >= 11 is 1.46. The van der Waals surface area contributed by atoms with Crippen molar-refractivity contribution in [3.8, 4) is 5.06 Å². The molecule has 1 fully saturated rings. The Labute approximate surface area is 181 Å². The molecule has 1 aliphatic carbocycles. The normalized spacial score (nSPS) is 15.8. The number of amides is 1. The molecule has 0 bridgehead atoms. The zero-order chi connectivity index (χ0) is 20.8. The first-order valence-electron chi connectivity index (χ1n) is 10.8. The van der Waals surface area contributed by atoms with Gasteiger partial charge in [-0.25, -0.2) is 4.79 Å². The van der Waals surface area contributed by atoms with Crippen molar-refractivity contribution in [2.24, 2.45) is 5.92 Å². The highest BCUT2D eigenvalue weighted by molar-refractivity contribution is 7.20. The Morgan fingerprint density at radius 1 is 1.23 bits per heavy atom. The van der Waals surface area contributed by atoms with Crippen molar-refractivity contribution in [3.05, 3.63) is 54.4 Å². The number of carbonyl (C=O) groups excluding carboxylic acids is 1. The Balaban J connectivity index is 1.32. The van der Waals surface area contributed by atoms with Gasteiger partial charge in [-0.2, -0.15) is 0 Å². The van der Waals surface area contributed by atoms with E-state index in [2.05, 4.69) is 22.5 Å². The predicted molar refractivity (Wildman–Crippen MR) is 123 cm³/mol. The fourth-order valence-corrected chi connectivity index (χ4v) is 5.13. The summed E-state index contributed by atoms with van der Waals surface area (Å²) in [6, 6.07) is 12.1. The van der Waals surface area contributed by atoms with Crippen molar-refractivity contribution in [1.82, 2.24) is 10.3 Å². The molecule has 0 saturated heterocycles. The molecule has 1 aliphatic rings. The van der Waals surface area contributed by atoms with E-state index in [0.29, 0.717) is 17.6 Å². The summed E-state index contributed by atoms with van der Waals surface area (Å²) in [5.41, 5.74) is 1.69. The molecular weight excluding hydrogens is 394 g/mol. The number of aromatic nitrogens is 1. The third kappa shape index (κ3) is 5.58. The van der Waals surface area contributed by atoms with Crippen molar-refractivity contribution >= 4 is 33.2 Å². The highest BCUT2D eigenvalue weighted by Gasteiger charge is 2.17. The highest BCUT2D eigenvalue weighted by atomic mass is 32.1. The molecule has 1 unspecified atom stereocenters. The lowest BCUT2D eigenvalue weighted by atomic mass is 9.85. The Morgan fingerprint density at radius 3 is 2.90 bits per heavy atom. The molecule has 6 heteroatoms. The van der Waals surface area contributed by atoms with Crippen molar-refractivity contribution in [1.29, 1.82) is 0 Å². The number of rotatable bonds is 7. The van der Waals surface area contributed by atoms with Gasteiger partial charge in [0.2, 0.25) is 0 Å². The van der Waals surface area contributed by atoms with Gasteiger partial charge in [-0.15, -0.1) is 0 Å². The van der Waals surface area contributed by atoms with Crippen LogP contribution in [0.25, 0.3) is 10.1 Å². The number of thiophene rings is 1. The summed E-state index contributed by atoms with van der Waals surface area (Å²) in [6.45, 7) is 2.91. The van der Waals surface area contributed by atoms with E-state index in [1.807, 2.05) is 36.4 Å². The van der Waals surface area contributed by atoms with E-state index in [0.717, 1.165) is 27.3 Å². The van der Waals surface area contributed by atoms with Crippen LogP contribution in [0.5, 0.6) is 5.06 Å². The van der Waals surface area contributed by atoms with Gasteiger partial charge < -0.3 is 10.1 Å². The molecule has 0 aliphatic heterocycles. The third-order valence-electron chi connectivity index (χ3n) is 5.79. The Hall–Kier alpha value is -2.44. The average Bonchev–Trinajstić information content (AvgIpc) is 3.16. The molecule has 4 rings (SSSR count). The summed E-state index contributed by atoms with van der Waals surface area (Å²) in [5, 5.41) is 8.13. The number of nitrogens with one attached hydrogen (secondary N) is 2. The maximum absolute atomic E-state index is 12.4. The number of ether oxygens (including phenoxy) is 1. The number of hydrogen-bond acceptors (Lipinski definition) is 5. The number of hydrogen-bond donors (Lipinski definition) is 2. The molecule has 5 nitrogen and oxygen atoms in total. The van der Waals surface area contributed by atoms with E-state index >= 15 is 0 Å². The van der Waals surface area contributed by atoms with Crippen LogP contribution in [0.15, 0.2) is 48.8 Å². The molecule has 1 aromatic carbocycles.